The van der Waals surface area contributed by atoms with Gasteiger partial charge in [0.2, 0.25) is 11.0 Å². The lowest BCUT2D eigenvalue weighted by molar-refractivity contribution is -0.113. The number of nitrogens with one attached hydrogen (secondary N) is 2. The molecule has 0 saturated carbocycles. The minimum absolute atomic E-state index is 0.0373. The van der Waals surface area contributed by atoms with E-state index in [2.05, 4.69) is 36.8 Å². The largest absolute Gasteiger partial charge is 0.325 e. The zero-order valence-electron chi connectivity index (χ0n) is 15.4. The number of anilines is 2. The highest BCUT2D eigenvalue weighted by Crippen LogP contribution is 2.27. The van der Waals surface area contributed by atoms with Crippen LogP contribution in [0.3, 0.4) is 0 Å². The molecule has 2 aromatic carbocycles. The first kappa shape index (κ1) is 22.4. The molecule has 0 aliphatic heterocycles. The van der Waals surface area contributed by atoms with Crippen molar-refractivity contribution < 1.29 is 14.4 Å². The number of amides is 2. The van der Waals surface area contributed by atoms with Gasteiger partial charge in [-0.1, -0.05) is 50.6 Å². The van der Waals surface area contributed by atoms with Crippen LogP contribution in [-0.4, -0.2) is 33.5 Å². The van der Waals surface area contributed by atoms with Gasteiger partial charge in [-0.15, -0.1) is 10.2 Å². The van der Waals surface area contributed by atoms with E-state index in [0.29, 0.717) is 31.3 Å². The number of Topliss-reactive ketones (excluding diaryl/α,β-unsaturated/α-hetero) is 1. The summed E-state index contributed by atoms with van der Waals surface area (Å²) >= 11 is 11.7. The first-order chi connectivity index (χ1) is 14.3. The van der Waals surface area contributed by atoms with Gasteiger partial charge < -0.3 is 5.32 Å². The molecule has 0 fully saturated rings. The van der Waals surface area contributed by atoms with E-state index in [1.807, 2.05) is 0 Å². The molecule has 1 aromatic heterocycles. The Morgan fingerprint density at radius 2 is 1.83 bits per heavy atom. The Hall–Kier alpha value is -2.27. The summed E-state index contributed by atoms with van der Waals surface area (Å²) in [5.41, 5.74) is 1.49. The van der Waals surface area contributed by atoms with Gasteiger partial charge in [-0.05, 0) is 49.4 Å². The number of nitrogens with zero attached hydrogens (tertiary/aromatic N) is 2. The van der Waals surface area contributed by atoms with E-state index in [4.69, 9.17) is 11.6 Å². The predicted octanol–water partition coefficient (Wildman–Crippen LogP) is 5.14. The number of hydrogen-bond acceptors (Lipinski definition) is 7. The molecule has 1 heterocycles. The highest BCUT2D eigenvalue weighted by molar-refractivity contribution is 9.10. The van der Waals surface area contributed by atoms with Crippen LogP contribution in [0.2, 0.25) is 5.02 Å². The second kappa shape index (κ2) is 10.2. The number of hydrogen-bond donors (Lipinski definition) is 2. The number of halogens is 2. The van der Waals surface area contributed by atoms with Gasteiger partial charge in [-0.2, -0.15) is 0 Å². The van der Waals surface area contributed by atoms with E-state index in [9.17, 15) is 14.4 Å². The molecule has 0 radical (unpaired) electrons. The van der Waals surface area contributed by atoms with E-state index < -0.39 is 5.91 Å². The average molecular weight is 526 g/mol. The van der Waals surface area contributed by atoms with Crippen LogP contribution < -0.4 is 10.6 Å². The van der Waals surface area contributed by atoms with Gasteiger partial charge in [0.25, 0.3) is 5.91 Å². The second-order valence-electron chi connectivity index (χ2n) is 5.92. The van der Waals surface area contributed by atoms with Crippen LogP contribution >= 0.6 is 50.6 Å². The highest BCUT2D eigenvalue weighted by atomic mass is 79.9. The number of rotatable bonds is 7. The summed E-state index contributed by atoms with van der Waals surface area (Å²) < 4.78 is 1.26. The number of aromatic nitrogens is 2. The molecule has 7 nitrogen and oxygen atoms in total. The van der Waals surface area contributed by atoms with Gasteiger partial charge in [-0.25, -0.2) is 0 Å². The second-order valence-corrected chi connectivity index (χ2v) is 9.44. The monoisotopic (exact) mass is 524 g/mol. The maximum Gasteiger partial charge on any atom is 0.259 e. The van der Waals surface area contributed by atoms with Gasteiger partial charge in [0.05, 0.1) is 16.3 Å². The van der Waals surface area contributed by atoms with E-state index in [0.717, 1.165) is 15.8 Å². The fraction of sp³-hybridized carbons (Fsp3) is 0.105. The normalized spacial score (nSPS) is 10.5. The van der Waals surface area contributed by atoms with Crippen LogP contribution in [-0.2, 0) is 4.79 Å². The summed E-state index contributed by atoms with van der Waals surface area (Å²) in [6.07, 6.45) is 0. The van der Waals surface area contributed by atoms with Crippen molar-refractivity contribution in [2.75, 3.05) is 16.4 Å². The third kappa shape index (κ3) is 6.11. The van der Waals surface area contributed by atoms with Crippen LogP contribution in [0.4, 0.5) is 10.8 Å². The number of thioether (sulfide) groups is 1. The van der Waals surface area contributed by atoms with Crippen LogP contribution in [0.1, 0.15) is 27.6 Å². The summed E-state index contributed by atoms with van der Waals surface area (Å²) in [4.78, 5) is 35.8. The van der Waals surface area contributed by atoms with Gasteiger partial charge in [0.1, 0.15) is 0 Å². The van der Waals surface area contributed by atoms with Crippen molar-refractivity contribution in [3.05, 3.63) is 63.1 Å². The maximum atomic E-state index is 12.4. The van der Waals surface area contributed by atoms with E-state index in [-0.39, 0.29) is 17.4 Å². The maximum absolute atomic E-state index is 12.4. The molecule has 11 heteroatoms. The molecule has 2 N–H and O–H groups in total. The lowest BCUT2D eigenvalue weighted by Crippen LogP contribution is -2.14. The molecule has 0 saturated heterocycles. The molecule has 0 spiro atoms. The number of carbonyl (C=O) groups is 3. The standard InChI is InChI=1S/C19H14BrClN4O3S2/c1-10(26)11-2-5-13(6-3-11)22-16(27)9-29-19-25-24-18(30-19)23-17(28)14-8-12(20)4-7-15(14)21/h2-8H,9H2,1H3,(H,22,27)(H,23,24,28). The molecule has 3 aromatic rings. The third-order valence-corrected chi connectivity index (χ3v) is 6.50. The molecule has 0 bridgehead atoms. The zero-order valence-corrected chi connectivity index (χ0v) is 19.4. The van der Waals surface area contributed by atoms with Crippen LogP contribution in [0, 0.1) is 0 Å². The van der Waals surface area contributed by atoms with Crippen molar-refractivity contribution in [1.29, 1.82) is 0 Å². The van der Waals surface area contributed by atoms with Crippen molar-refractivity contribution in [2.45, 2.75) is 11.3 Å². The summed E-state index contributed by atoms with van der Waals surface area (Å²) in [6, 6.07) is 11.6. The average Bonchev–Trinajstić information content (AvgIpc) is 3.16. The van der Waals surface area contributed by atoms with E-state index in [1.165, 1.54) is 18.7 Å². The van der Waals surface area contributed by atoms with Crippen LogP contribution in [0.15, 0.2) is 51.3 Å². The van der Waals surface area contributed by atoms with Gasteiger partial charge >= 0.3 is 0 Å². The molecule has 0 atom stereocenters. The lowest BCUT2D eigenvalue weighted by Gasteiger charge is -2.05. The molecule has 0 aliphatic carbocycles. The molecule has 3 rings (SSSR count). The third-order valence-electron chi connectivity index (χ3n) is 3.70. The van der Waals surface area contributed by atoms with E-state index >= 15 is 0 Å². The molecule has 0 unspecified atom stereocenters. The molecule has 2 amide bonds. The van der Waals surface area contributed by atoms with Crippen molar-refractivity contribution in [3.8, 4) is 0 Å². The topological polar surface area (TPSA) is 101 Å². The van der Waals surface area contributed by atoms with Crippen LogP contribution in [0.5, 0.6) is 0 Å². The van der Waals surface area contributed by atoms with Gasteiger partial charge in [-0.3, -0.25) is 19.7 Å². The Morgan fingerprint density at radius 1 is 1.10 bits per heavy atom. The SMILES string of the molecule is CC(=O)c1ccc(NC(=O)CSc2nnc(NC(=O)c3cc(Br)ccc3Cl)s2)cc1. The summed E-state index contributed by atoms with van der Waals surface area (Å²) in [5, 5.41) is 13.9. The van der Waals surface area contributed by atoms with Crippen molar-refractivity contribution in [3.63, 3.8) is 0 Å². The Kier molecular flexibility index (Phi) is 7.59. The fourth-order valence-electron chi connectivity index (χ4n) is 2.27. The predicted molar refractivity (Wildman–Crippen MR) is 123 cm³/mol. The molecule has 0 aliphatic rings. The Labute approximate surface area is 193 Å². The zero-order chi connectivity index (χ0) is 21.7. The van der Waals surface area contributed by atoms with Gasteiger partial charge in [0, 0.05) is 15.7 Å². The Balaban J connectivity index is 1.52. The minimum Gasteiger partial charge on any atom is -0.325 e. The van der Waals surface area contributed by atoms with Crippen LogP contribution in [0.25, 0.3) is 0 Å². The number of carbonyl (C=O) groups excluding carboxylic acids is 3. The molecule has 154 valence electrons. The highest BCUT2D eigenvalue weighted by Gasteiger charge is 2.15. The number of benzene rings is 2. The van der Waals surface area contributed by atoms with Crippen molar-refractivity contribution in [1.82, 2.24) is 10.2 Å². The van der Waals surface area contributed by atoms with Crippen molar-refractivity contribution >= 4 is 79.0 Å². The molecular formula is C19H14BrClN4O3S2. The fourth-order valence-corrected chi connectivity index (χ4v) is 4.38. The Morgan fingerprint density at radius 3 is 2.53 bits per heavy atom. The van der Waals surface area contributed by atoms with Crippen molar-refractivity contribution in [2.24, 2.45) is 0 Å². The minimum atomic E-state index is -0.402. The quantitative estimate of drug-likeness (QED) is 0.252. The number of ketones is 1. The first-order valence-corrected chi connectivity index (χ1v) is 11.4. The smallest absolute Gasteiger partial charge is 0.259 e. The summed E-state index contributed by atoms with van der Waals surface area (Å²) in [5.74, 6) is -0.545. The molecular weight excluding hydrogens is 512 g/mol. The Bertz CT molecular complexity index is 1110. The lowest BCUT2D eigenvalue weighted by atomic mass is 10.1. The van der Waals surface area contributed by atoms with E-state index in [1.54, 1.807) is 42.5 Å². The summed E-state index contributed by atoms with van der Waals surface area (Å²) in [6.45, 7) is 1.48. The van der Waals surface area contributed by atoms with Gasteiger partial charge in [0.15, 0.2) is 10.1 Å². The first-order valence-electron chi connectivity index (χ1n) is 8.45. The summed E-state index contributed by atoms with van der Waals surface area (Å²) in [7, 11) is 0. The molecule has 30 heavy (non-hydrogen) atoms.